The average molecular weight is 279 g/mol. The van der Waals surface area contributed by atoms with Gasteiger partial charge in [0.05, 0.1) is 6.10 Å². The Kier molecular flexibility index (Phi) is 3.62. The first-order valence-corrected chi connectivity index (χ1v) is 6.32. The second-order valence-electron chi connectivity index (χ2n) is 3.78. The van der Waals surface area contributed by atoms with Crippen molar-refractivity contribution in [1.29, 1.82) is 0 Å². The molecule has 0 aromatic heterocycles. The molecule has 1 nitrogen and oxygen atoms in total. The average Bonchev–Trinajstić information content (AvgIpc) is 2.30. The highest BCUT2D eigenvalue weighted by Crippen LogP contribution is 2.31. The SMILES string of the molecule is CCO[C@H](C)c1ccc(Br)c2ccccc12. The Hall–Kier alpha value is -0.860. The highest BCUT2D eigenvalue weighted by atomic mass is 79.9. The summed E-state index contributed by atoms with van der Waals surface area (Å²) in [5, 5.41) is 2.50. The first-order valence-electron chi connectivity index (χ1n) is 5.52. The van der Waals surface area contributed by atoms with Crippen molar-refractivity contribution in [1.82, 2.24) is 0 Å². The molecular weight excluding hydrogens is 264 g/mol. The van der Waals surface area contributed by atoms with E-state index in [1.165, 1.54) is 16.3 Å². The van der Waals surface area contributed by atoms with Crippen LogP contribution in [0.3, 0.4) is 0 Å². The molecule has 0 aliphatic rings. The van der Waals surface area contributed by atoms with Crippen molar-refractivity contribution in [2.45, 2.75) is 20.0 Å². The number of ether oxygens (including phenoxy) is 1. The summed E-state index contributed by atoms with van der Waals surface area (Å²) < 4.78 is 6.80. The third-order valence-electron chi connectivity index (χ3n) is 2.76. The maximum absolute atomic E-state index is 5.66. The lowest BCUT2D eigenvalue weighted by atomic mass is 10.0. The molecule has 0 aliphatic heterocycles. The summed E-state index contributed by atoms with van der Waals surface area (Å²) in [6.45, 7) is 4.86. The van der Waals surface area contributed by atoms with Crippen LogP contribution in [-0.4, -0.2) is 6.61 Å². The fourth-order valence-corrected chi connectivity index (χ4v) is 2.46. The lowest BCUT2D eigenvalue weighted by Crippen LogP contribution is -2.00. The summed E-state index contributed by atoms with van der Waals surface area (Å²) in [6, 6.07) is 12.6. The topological polar surface area (TPSA) is 9.23 Å². The normalized spacial score (nSPS) is 12.9. The molecule has 84 valence electrons. The summed E-state index contributed by atoms with van der Waals surface area (Å²) in [6.07, 6.45) is 0.142. The quantitative estimate of drug-likeness (QED) is 0.791. The molecule has 0 unspecified atom stereocenters. The first kappa shape index (κ1) is 11.6. The summed E-state index contributed by atoms with van der Waals surface area (Å²) in [7, 11) is 0. The Morgan fingerprint density at radius 3 is 2.50 bits per heavy atom. The van der Waals surface area contributed by atoms with E-state index in [2.05, 4.69) is 59.3 Å². The fraction of sp³-hybridized carbons (Fsp3) is 0.286. The van der Waals surface area contributed by atoms with Crippen LogP contribution in [-0.2, 0) is 4.74 Å². The smallest absolute Gasteiger partial charge is 0.0802 e. The Labute approximate surface area is 105 Å². The third-order valence-corrected chi connectivity index (χ3v) is 3.45. The van der Waals surface area contributed by atoms with E-state index in [4.69, 9.17) is 4.74 Å². The van der Waals surface area contributed by atoms with Gasteiger partial charge in [-0.1, -0.05) is 46.3 Å². The van der Waals surface area contributed by atoms with Crippen LogP contribution in [0.5, 0.6) is 0 Å². The monoisotopic (exact) mass is 278 g/mol. The molecule has 2 heteroatoms. The van der Waals surface area contributed by atoms with Gasteiger partial charge in [-0.15, -0.1) is 0 Å². The third kappa shape index (κ3) is 2.13. The number of rotatable bonds is 3. The molecule has 16 heavy (non-hydrogen) atoms. The van der Waals surface area contributed by atoms with Gasteiger partial charge in [0.2, 0.25) is 0 Å². The minimum atomic E-state index is 0.142. The standard InChI is InChI=1S/C14H15BrO/c1-3-16-10(2)11-8-9-14(15)13-7-5-4-6-12(11)13/h4-10H,3H2,1-2H3/t10-/m1/s1. The maximum Gasteiger partial charge on any atom is 0.0802 e. The van der Waals surface area contributed by atoms with Crippen LogP contribution in [0, 0.1) is 0 Å². The van der Waals surface area contributed by atoms with Crippen LogP contribution in [0.4, 0.5) is 0 Å². The van der Waals surface area contributed by atoms with E-state index in [1.54, 1.807) is 0 Å². The van der Waals surface area contributed by atoms with E-state index in [9.17, 15) is 0 Å². The summed E-state index contributed by atoms with van der Waals surface area (Å²) in [4.78, 5) is 0. The molecule has 0 N–H and O–H groups in total. The van der Waals surface area contributed by atoms with E-state index < -0.39 is 0 Å². The van der Waals surface area contributed by atoms with Crippen LogP contribution < -0.4 is 0 Å². The lowest BCUT2D eigenvalue weighted by molar-refractivity contribution is 0.0774. The summed E-state index contributed by atoms with van der Waals surface area (Å²) in [5.41, 5.74) is 1.25. The Bertz CT molecular complexity index is 493. The predicted molar refractivity (Wildman–Crippen MR) is 71.7 cm³/mol. The molecule has 0 amide bonds. The minimum absolute atomic E-state index is 0.142. The van der Waals surface area contributed by atoms with Crippen molar-refractivity contribution in [3.8, 4) is 0 Å². The Morgan fingerprint density at radius 1 is 1.12 bits per heavy atom. The number of hydrogen-bond acceptors (Lipinski definition) is 1. The van der Waals surface area contributed by atoms with Gasteiger partial charge < -0.3 is 4.74 Å². The maximum atomic E-state index is 5.66. The molecule has 0 saturated carbocycles. The zero-order chi connectivity index (χ0) is 11.5. The molecule has 0 heterocycles. The highest BCUT2D eigenvalue weighted by Gasteiger charge is 2.10. The van der Waals surface area contributed by atoms with Crippen molar-refractivity contribution >= 4 is 26.7 Å². The molecule has 0 aliphatic carbocycles. The van der Waals surface area contributed by atoms with Crippen molar-refractivity contribution in [3.63, 3.8) is 0 Å². The van der Waals surface area contributed by atoms with E-state index >= 15 is 0 Å². The highest BCUT2D eigenvalue weighted by molar-refractivity contribution is 9.10. The number of hydrogen-bond donors (Lipinski definition) is 0. The molecule has 2 aromatic rings. The van der Waals surface area contributed by atoms with Gasteiger partial charge in [0.1, 0.15) is 0 Å². The van der Waals surface area contributed by atoms with Crippen molar-refractivity contribution in [3.05, 3.63) is 46.4 Å². The largest absolute Gasteiger partial charge is 0.374 e. The molecular formula is C14H15BrO. The second-order valence-corrected chi connectivity index (χ2v) is 4.63. The van der Waals surface area contributed by atoms with E-state index in [1.807, 2.05) is 6.92 Å². The van der Waals surface area contributed by atoms with Crippen LogP contribution in [0.1, 0.15) is 25.5 Å². The van der Waals surface area contributed by atoms with Gasteiger partial charge in [-0.25, -0.2) is 0 Å². The van der Waals surface area contributed by atoms with Crippen LogP contribution in [0.2, 0.25) is 0 Å². The Morgan fingerprint density at radius 2 is 1.81 bits per heavy atom. The van der Waals surface area contributed by atoms with Crippen molar-refractivity contribution in [2.24, 2.45) is 0 Å². The number of benzene rings is 2. The number of fused-ring (bicyclic) bond motifs is 1. The van der Waals surface area contributed by atoms with Gasteiger partial charge in [-0.2, -0.15) is 0 Å². The lowest BCUT2D eigenvalue weighted by Gasteiger charge is -2.15. The summed E-state index contributed by atoms with van der Waals surface area (Å²) in [5.74, 6) is 0. The van der Waals surface area contributed by atoms with Gasteiger partial charge in [-0.05, 0) is 36.2 Å². The van der Waals surface area contributed by atoms with Gasteiger partial charge in [-0.3, -0.25) is 0 Å². The fourth-order valence-electron chi connectivity index (χ4n) is 1.98. The van der Waals surface area contributed by atoms with Gasteiger partial charge >= 0.3 is 0 Å². The molecule has 0 saturated heterocycles. The van der Waals surface area contributed by atoms with E-state index in [0.717, 1.165) is 11.1 Å². The zero-order valence-electron chi connectivity index (χ0n) is 9.53. The van der Waals surface area contributed by atoms with Gasteiger partial charge in [0.15, 0.2) is 0 Å². The zero-order valence-corrected chi connectivity index (χ0v) is 11.1. The first-order chi connectivity index (χ1) is 7.74. The molecule has 0 bridgehead atoms. The van der Waals surface area contributed by atoms with Crippen LogP contribution >= 0.6 is 15.9 Å². The van der Waals surface area contributed by atoms with Crippen LogP contribution in [0.25, 0.3) is 10.8 Å². The molecule has 0 spiro atoms. The minimum Gasteiger partial charge on any atom is -0.374 e. The molecule has 2 rings (SSSR count). The Balaban J connectivity index is 2.58. The van der Waals surface area contributed by atoms with Crippen molar-refractivity contribution in [2.75, 3.05) is 6.61 Å². The predicted octanol–water partition coefficient (Wildman–Crippen LogP) is 4.70. The number of halogens is 1. The van der Waals surface area contributed by atoms with Crippen molar-refractivity contribution < 1.29 is 4.74 Å². The molecule has 2 aromatic carbocycles. The van der Waals surface area contributed by atoms with Gasteiger partial charge in [0.25, 0.3) is 0 Å². The van der Waals surface area contributed by atoms with E-state index in [0.29, 0.717) is 0 Å². The van der Waals surface area contributed by atoms with Gasteiger partial charge in [0, 0.05) is 11.1 Å². The summed E-state index contributed by atoms with van der Waals surface area (Å²) >= 11 is 3.58. The molecule has 0 radical (unpaired) electrons. The molecule has 0 fully saturated rings. The second kappa shape index (κ2) is 4.98. The van der Waals surface area contributed by atoms with E-state index in [-0.39, 0.29) is 6.10 Å². The molecule has 1 atom stereocenters. The van der Waals surface area contributed by atoms with Crippen LogP contribution in [0.15, 0.2) is 40.9 Å².